The van der Waals surface area contributed by atoms with Gasteiger partial charge in [-0.2, -0.15) is 13.2 Å². The van der Waals surface area contributed by atoms with Crippen LogP contribution < -0.4 is 14.6 Å². The molecule has 37 heavy (non-hydrogen) atoms. The molecule has 4 aromatic rings. The number of halogens is 5. The summed E-state index contributed by atoms with van der Waals surface area (Å²) in [5.74, 6) is -0.964. The fraction of sp³-hybridized carbons (Fsp3) is 0.240. The predicted octanol–water partition coefficient (Wildman–Crippen LogP) is 5.60. The molecule has 4 rings (SSSR count). The zero-order valence-corrected chi connectivity index (χ0v) is 22.1. The van der Waals surface area contributed by atoms with Crippen molar-refractivity contribution in [1.82, 2.24) is 20.2 Å². The number of methoxy groups -OCH3 is 2. The van der Waals surface area contributed by atoms with E-state index in [2.05, 4.69) is 26.2 Å². The van der Waals surface area contributed by atoms with Crippen LogP contribution in [0.1, 0.15) is 30.9 Å². The monoisotopic (exact) mass is 697 g/mol. The Balaban J connectivity index is 0.00000380. The van der Waals surface area contributed by atoms with E-state index < -0.39 is 28.9 Å². The van der Waals surface area contributed by atoms with Gasteiger partial charge in [0.15, 0.2) is 0 Å². The van der Waals surface area contributed by atoms with E-state index >= 15 is 0 Å². The van der Waals surface area contributed by atoms with Crippen molar-refractivity contribution in [1.29, 1.82) is 0 Å². The molecule has 6 nitrogen and oxygen atoms in total. The first-order chi connectivity index (χ1) is 16.9. The molecular weight excluding hydrogens is 678 g/mol. The van der Waals surface area contributed by atoms with Gasteiger partial charge >= 0.3 is 27.2 Å². The summed E-state index contributed by atoms with van der Waals surface area (Å²) >= 11 is 0. The Morgan fingerprint density at radius 1 is 0.811 bits per heavy atom. The summed E-state index contributed by atoms with van der Waals surface area (Å²) in [5.41, 5.74) is -1.22. The smallest absolute Gasteiger partial charge is 0.573 e. The molecule has 0 aliphatic heterocycles. The van der Waals surface area contributed by atoms with Crippen LogP contribution in [0.5, 0.6) is 11.5 Å². The summed E-state index contributed by atoms with van der Waals surface area (Å²) in [6.45, 7) is 3.54. The number of ether oxygens (including phenoxy) is 2. The van der Waals surface area contributed by atoms with Crippen molar-refractivity contribution in [3.63, 3.8) is 0 Å². The zero-order valence-electron chi connectivity index (χ0n) is 19.9. The van der Waals surface area contributed by atoms with Crippen LogP contribution in [0, 0.1) is 17.7 Å². The molecule has 0 unspecified atom stereocenters. The molecule has 3 aromatic heterocycles. The predicted molar refractivity (Wildman–Crippen MR) is 119 cm³/mol. The molecule has 3 heterocycles. The Kier molecular flexibility index (Phi) is 8.07. The molecule has 0 atom stereocenters. The van der Waals surface area contributed by atoms with Crippen LogP contribution in [-0.2, 0) is 32.7 Å². The first-order valence-corrected chi connectivity index (χ1v) is 10.5. The van der Waals surface area contributed by atoms with E-state index in [0.29, 0.717) is 22.9 Å². The summed E-state index contributed by atoms with van der Waals surface area (Å²) in [7, 11) is 2.83. The average molecular weight is 698 g/mol. The Labute approximate surface area is 223 Å². The van der Waals surface area contributed by atoms with Crippen molar-refractivity contribution in [3.8, 4) is 34.1 Å². The topological polar surface area (TPSA) is 71.2 Å². The molecule has 0 amide bonds. The molecule has 0 aliphatic rings. The van der Waals surface area contributed by atoms with Crippen molar-refractivity contribution < 1.29 is 52.5 Å². The van der Waals surface area contributed by atoms with Gasteiger partial charge in [0.05, 0.1) is 25.6 Å². The Bertz CT molecular complexity index is 1420. The van der Waals surface area contributed by atoms with Crippen LogP contribution >= 0.6 is 0 Å². The van der Waals surface area contributed by atoms with E-state index in [9.17, 15) is 22.0 Å². The number of hydrogen-bond donors (Lipinski definition) is 0. The second kappa shape index (κ2) is 10.6. The molecule has 0 fully saturated rings. The molecule has 0 aliphatic carbocycles. The quantitative estimate of drug-likeness (QED) is 0.193. The maximum Gasteiger partial charge on any atom is 2.00 e. The maximum atomic E-state index is 14.5. The van der Waals surface area contributed by atoms with Crippen LogP contribution in [0.3, 0.4) is 0 Å². The van der Waals surface area contributed by atoms with Crippen molar-refractivity contribution in [2.75, 3.05) is 14.2 Å². The van der Waals surface area contributed by atoms with Gasteiger partial charge in [0, 0.05) is 40.9 Å². The van der Waals surface area contributed by atoms with E-state index in [1.165, 1.54) is 26.4 Å². The summed E-state index contributed by atoms with van der Waals surface area (Å²) in [5, 5.41) is 6.82. The fourth-order valence-corrected chi connectivity index (χ4v) is 3.48. The number of alkyl halides is 3. The third-order valence-electron chi connectivity index (χ3n) is 5.56. The molecule has 0 saturated carbocycles. The number of benzene rings is 1. The third-order valence-corrected chi connectivity index (χ3v) is 5.56. The number of aromatic nitrogens is 4. The maximum absolute atomic E-state index is 14.5. The van der Waals surface area contributed by atoms with Gasteiger partial charge in [-0.3, -0.25) is 18.7 Å². The van der Waals surface area contributed by atoms with E-state index in [4.69, 9.17) is 9.47 Å². The van der Waals surface area contributed by atoms with Gasteiger partial charge in [0.2, 0.25) is 0 Å². The van der Waals surface area contributed by atoms with E-state index in [0.717, 1.165) is 18.2 Å². The number of hydrogen-bond acceptors (Lipinski definition) is 5. The van der Waals surface area contributed by atoms with Gasteiger partial charge in [0.1, 0.15) is 17.2 Å². The van der Waals surface area contributed by atoms with Crippen molar-refractivity contribution in [3.05, 3.63) is 77.2 Å². The van der Waals surface area contributed by atoms with Crippen LogP contribution in [0.4, 0.5) is 22.0 Å². The number of nitrogens with zero attached hydrogens (tertiary/aromatic N) is 4. The molecule has 0 N–H and O–H groups in total. The Hall–Kier alpha value is -3.33. The largest absolute Gasteiger partial charge is 2.00 e. The molecule has 1 aromatic carbocycles. The molecule has 196 valence electrons. The van der Waals surface area contributed by atoms with Gasteiger partial charge in [-0.05, 0) is 31.7 Å². The first kappa shape index (κ1) is 28.2. The van der Waals surface area contributed by atoms with Gasteiger partial charge in [0.25, 0.3) is 0 Å². The molecule has 0 radical (unpaired) electrons. The van der Waals surface area contributed by atoms with Gasteiger partial charge in [-0.1, -0.05) is 17.3 Å². The van der Waals surface area contributed by atoms with Crippen LogP contribution in [0.2, 0.25) is 0 Å². The van der Waals surface area contributed by atoms with Gasteiger partial charge in [-0.25, -0.2) is 0 Å². The minimum atomic E-state index is -4.65. The summed E-state index contributed by atoms with van der Waals surface area (Å²) in [6, 6.07) is 11.2. The van der Waals surface area contributed by atoms with Crippen LogP contribution in [0.25, 0.3) is 22.6 Å². The van der Waals surface area contributed by atoms with Gasteiger partial charge in [-0.15, -0.1) is 12.1 Å². The first-order valence-electron chi connectivity index (χ1n) is 10.5. The summed E-state index contributed by atoms with van der Waals surface area (Å²) in [4.78, 5) is 9.07. The standard InChI is InChI=1S/C25H19F5N4O2.Pt/c1-24(2,21-10-14(35-3)8-18(31-21)16-6-5-13(26)7-17(16)27)22-11-15(36-4)9-19(32-22)20-12-23(34-33-20)25(28,29)30;/h5,7-12H,1-4H3;/q-2;+2. The second-order valence-electron chi connectivity index (χ2n) is 8.33. The molecule has 0 spiro atoms. The fourth-order valence-electron chi connectivity index (χ4n) is 3.48. The SMILES string of the molecule is COc1cc(-c2cc(C(F)(F)F)n[n-]2)nc(C(C)(C)c2cc(OC)cc(-c3[c-]cc(F)cc3F)n2)c1.[Pt+2]. The Morgan fingerprint density at radius 3 is 1.89 bits per heavy atom. The van der Waals surface area contributed by atoms with E-state index in [1.807, 2.05) is 0 Å². The summed E-state index contributed by atoms with van der Waals surface area (Å²) < 4.78 is 77.7. The minimum absolute atomic E-state index is 0. The summed E-state index contributed by atoms with van der Waals surface area (Å²) in [6.07, 6.45) is -4.65. The van der Waals surface area contributed by atoms with E-state index in [1.54, 1.807) is 26.0 Å². The van der Waals surface area contributed by atoms with Crippen molar-refractivity contribution in [2.45, 2.75) is 25.4 Å². The van der Waals surface area contributed by atoms with E-state index in [-0.39, 0.29) is 43.7 Å². The normalized spacial score (nSPS) is 11.7. The van der Waals surface area contributed by atoms with Gasteiger partial charge < -0.3 is 19.7 Å². The Morgan fingerprint density at radius 2 is 1.38 bits per heavy atom. The number of rotatable bonds is 6. The zero-order chi connectivity index (χ0) is 26.3. The molecule has 0 bridgehead atoms. The number of pyridine rings is 2. The molecular formula is C25H19F5N4O2Pt. The average Bonchev–Trinajstić information content (AvgIpc) is 3.34. The molecule has 0 saturated heterocycles. The molecule has 12 heteroatoms. The van der Waals surface area contributed by atoms with Crippen molar-refractivity contribution in [2.24, 2.45) is 0 Å². The third kappa shape index (κ3) is 5.82. The van der Waals surface area contributed by atoms with Crippen molar-refractivity contribution >= 4 is 0 Å². The minimum Gasteiger partial charge on any atom is -0.573 e. The second-order valence-corrected chi connectivity index (χ2v) is 8.33. The van der Waals surface area contributed by atoms with Crippen LogP contribution in [-0.4, -0.2) is 29.3 Å². The van der Waals surface area contributed by atoms with Crippen LogP contribution in [0.15, 0.2) is 42.5 Å².